The first-order chi connectivity index (χ1) is 13.3. The maximum atomic E-state index is 13.9. The molecule has 0 atom stereocenters. The Bertz CT molecular complexity index is 592. The third-order valence-corrected chi connectivity index (χ3v) is 6.96. The fourth-order valence-corrected chi connectivity index (χ4v) is 5.54. The highest BCUT2D eigenvalue weighted by molar-refractivity contribution is 6.66. The van der Waals surface area contributed by atoms with Gasteiger partial charge in [0, 0.05) is 18.6 Å². The summed E-state index contributed by atoms with van der Waals surface area (Å²) in [5.74, 6) is -36.8. The minimum Gasteiger partial charge on any atom is -0.392 e. The average Bonchev–Trinajstić information content (AvgIpc) is 2.49. The number of hydrogen-bond donors (Lipinski definition) is 0. The molecule has 0 N–H and O–H groups in total. The monoisotopic (exact) mass is 508 g/mol. The molecule has 188 valence electrons. The minimum atomic E-state index is -7.89. The number of hydrogen-bond acceptors (Lipinski definition) is 2. The zero-order chi connectivity index (χ0) is 25.5. The van der Waals surface area contributed by atoms with E-state index in [1.807, 2.05) is 0 Å². The number of alkyl halides is 13. The summed E-state index contributed by atoms with van der Waals surface area (Å²) < 4.78 is 181. The molecule has 0 aromatic heterocycles. The summed E-state index contributed by atoms with van der Waals surface area (Å²) in [7, 11) is -3.81. The molecular formula is C15H21F13O2Si. The summed E-state index contributed by atoms with van der Waals surface area (Å²) in [4.78, 5) is 0. The Morgan fingerprint density at radius 2 is 0.903 bits per heavy atom. The molecule has 0 aliphatic heterocycles. The van der Waals surface area contributed by atoms with Crippen LogP contribution in [0.1, 0.15) is 34.1 Å². The molecule has 0 heterocycles. The highest BCUT2D eigenvalue weighted by Crippen LogP contribution is 2.60. The van der Waals surface area contributed by atoms with E-state index in [1.165, 1.54) is 27.7 Å². The van der Waals surface area contributed by atoms with E-state index in [1.54, 1.807) is 0 Å². The Hall–Kier alpha value is -0.773. The molecule has 0 bridgehead atoms. The second-order valence-electron chi connectivity index (χ2n) is 7.47. The quantitative estimate of drug-likeness (QED) is 0.220. The van der Waals surface area contributed by atoms with Crippen LogP contribution in [0, 0.1) is 0 Å². The minimum absolute atomic E-state index is 0.721. The van der Waals surface area contributed by atoms with Gasteiger partial charge in [-0.3, -0.25) is 0 Å². The van der Waals surface area contributed by atoms with E-state index < -0.39 is 69.0 Å². The fourth-order valence-electron chi connectivity index (χ4n) is 2.49. The van der Waals surface area contributed by atoms with Crippen LogP contribution in [-0.4, -0.2) is 56.6 Å². The number of halogens is 13. The van der Waals surface area contributed by atoms with Gasteiger partial charge in [0.25, 0.3) is 0 Å². The van der Waals surface area contributed by atoms with E-state index in [-0.39, 0.29) is 0 Å². The van der Waals surface area contributed by atoms with E-state index >= 15 is 0 Å². The summed E-state index contributed by atoms with van der Waals surface area (Å²) in [6.45, 7) is 6.61. The molecule has 0 saturated carbocycles. The molecule has 0 rings (SSSR count). The van der Waals surface area contributed by atoms with Gasteiger partial charge in [0.15, 0.2) is 0 Å². The largest absolute Gasteiger partial charge is 0.460 e. The Labute approximate surface area is 170 Å². The van der Waals surface area contributed by atoms with E-state index in [0.29, 0.717) is 0 Å². The average molecular weight is 508 g/mol. The standard InChI is InChI=1S/C15H21F13O2Si/c1-8(2)29-31(5,30-9(3)4)7-6-10(16,17)11(18,19)12(20,21)13(22,23)14(24,25)15(26,27)28/h8-9H,6-7H2,1-5H3. The molecule has 0 aromatic carbocycles. The lowest BCUT2D eigenvalue weighted by Crippen LogP contribution is -2.70. The van der Waals surface area contributed by atoms with Gasteiger partial charge < -0.3 is 8.85 Å². The lowest BCUT2D eigenvalue weighted by molar-refractivity contribution is -0.440. The van der Waals surface area contributed by atoms with Crippen molar-refractivity contribution in [2.45, 2.75) is 94.7 Å². The van der Waals surface area contributed by atoms with Crippen molar-refractivity contribution >= 4 is 8.56 Å². The molecule has 0 unspecified atom stereocenters. The van der Waals surface area contributed by atoms with Gasteiger partial charge in [0.05, 0.1) is 0 Å². The maximum Gasteiger partial charge on any atom is 0.460 e. The lowest BCUT2D eigenvalue weighted by Gasteiger charge is -2.40. The van der Waals surface area contributed by atoms with Crippen molar-refractivity contribution in [3.05, 3.63) is 0 Å². The molecular weight excluding hydrogens is 487 g/mol. The second-order valence-corrected chi connectivity index (χ2v) is 10.7. The summed E-state index contributed by atoms with van der Waals surface area (Å²) in [6, 6.07) is -1.19. The zero-order valence-corrected chi connectivity index (χ0v) is 17.8. The second kappa shape index (κ2) is 8.87. The van der Waals surface area contributed by atoms with E-state index in [4.69, 9.17) is 8.85 Å². The number of rotatable bonds is 11. The summed E-state index contributed by atoms with van der Waals surface area (Å²) in [5, 5.41) is 0. The van der Waals surface area contributed by atoms with Crippen LogP contribution in [0.2, 0.25) is 12.6 Å². The SMILES string of the molecule is CC(C)O[Si](C)(CCC(F)(F)C(F)(F)C(F)(F)C(F)(F)C(F)(F)C(F)(F)F)OC(C)C. The molecule has 0 amide bonds. The first-order valence-electron chi connectivity index (χ1n) is 8.60. The highest BCUT2D eigenvalue weighted by atomic mass is 28.4. The zero-order valence-electron chi connectivity index (χ0n) is 16.8. The van der Waals surface area contributed by atoms with Crippen LogP contribution in [0.15, 0.2) is 0 Å². The molecule has 0 fully saturated rings. The summed E-state index contributed by atoms with van der Waals surface area (Å²) in [5.41, 5.74) is 0. The molecule has 0 spiro atoms. The van der Waals surface area contributed by atoms with Crippen molar-refractivity contribution in [3.8, 4) is 0 Å². The van der Waals surface area contributed by atoms with Crippen LogP contribution < -0.4 is 0 Å². The first kappa shape index (κ1) is 30.2. The van der Waals surface area contributed by atoms with Gasteiger partial charge in [-0.15, -0.1) is 0 Å². The summed E-state index contributed by atoms with van der Waals surface area (Å²) >= 11 is 0. The lowest BCUT2D eigenvalue weighted by atomic mass is 9.93. The Kier molecular flexibility index (Phi) is 8.65. The van der Waals surface area contributed by atoms with Gasteiger partial charge in [-0.25, -0.2) is 0 Å². The van der Waals surface area contributed by atoms with Gasteiger partial charge in [0.2, 0.25) is 0 Å². The van der Waals surface area contributed by atoms with E-state index in [0.717, 1.165) is 6.55 Å². The molecule has 0 saturated heterocycles. The molecule has 0 radical (unpaired) electrons. The van der Waals surface area contributed by atoms with Crippen molar-refractivity contribution in [2.24, 2.45) is 0 Å². The van der Waals surface area contributed by atoms with Crippen LogP contribution in [0.25, 0.3) is 0 Å². The third kappa shape index (κ3) is 5.78. The normalized spacial score (nSPS) is 15.9. The molecule has 0 aliphatic rings. The van der Waals surface area contributed by atoms with Gasteiger partial charge in [0.1, 0.15) is 0 Å². The first-order valence-corrected chi connectivity index (χ1v) is 11.1. The predicted molar refractivity (Wildman–Crippen MR) is 84.3 cm³/mol. The van der Waals surface area contributed by atoms with Crippen LogP contribution in [0.4, 0.5) is 57.1 Å². The van der Waals surface area contributed by atoms with Gasteiger partial charge in [-0.2, -0.15) is 57.1 Å². The third-order valence-electron chi connectivity index (χ3n) is 3.86. The molecule has 31 heavy (non-hydrogen) atoms. The van der Waals surface area contributed by atoms with Crippen molar-refractivity contribution in [1.82, 2.24) is 0 Å². The van der Waals surface area contributed by atoms with Crippen molar-refractivity contribution in [3.63, 3.8) is 0 Å². The predicted octanol–water partition coefficient (Wildman–Crippen LogP) is 7.04. The topological polar surface area (TPSA) is 18.5 Å². The highest BCUT2D eigenvalue weighted by Gasteiger charge is 2.90. The van der Waals surface area contributed by atoms with Crippen LogP contribution in [0.3, 0.4) is 0 Å². The Balaban J connectivity index is 6.06. The molecule has 16 heteroatoms. The smallest absolute Gasteiger partial charge is 0.392 e. The summed E-state index contributed by atoms with van der Waals surface area (Å²) in [6.07, 6.45) is -11.2. The van der Waals surface area contributed by atoms with Gasteiger partial charge in [-0.05, 0) is 40.3 Å². The van der Waals surface area contributed by atoms with E-state index in [9.17, 15) is 57.1 Å². The molecule has 2 nitrogen and oxygen atoms in total. The van der Waals surface area contributed by atoms with Crippen molar-refractivity contribution in [2.75, 3.05) is 0 Å². The Morgan fingerprint density at radius 1 is 0.581 bits per heavy atom. The van der Waals surface area contributed by atoms with Crippen LogP contribution in [-0.2, 0) is 8.85 Å². The molecule has 0 aromatic rings. The van der Waals surface area contributed by atoms with E-state index in [2.05, 4.69) is 0 Å². The fraction of sp³-hybridized carbons (Fsp3) is 1.00. The van der Waals surface area contributed by atoms with Gasteiger partial charge >= 0.3 is 44.3 Å². The van der Waals surface area contributed by atoms with Crippen LogP contribution in [0.5, 0.6) is 0 Å². The molecule has 0 aliphatic carbocycles. The van der Waals surface area contributed by atoms with Crippen LogP contribution >= 0.6 is 0 Å². The Morgan fingerprint density at radius 3 is 1.19 bits per heavy atom. The maximum absolute atomic E-state index is 13.9. The van der Waals surface area contributed by atoms with Crippen molar-refractivity contribution < 1.29 is 65.9 Å². The van der Waals surface area contributed by atoms with Gasteiger partial charge in [-0.1, -0.05) is 0 Å². The van der Waals surface area contributed by atoms with Crippen molar-refractivity contribution in [1.29, 1.82) is 0 Å².